The van der Waals surface area contributed by atoms with Gasteiger partial charge in [-0.2, -0.15) is 9.97 Å². The molecule has 4 N–H and O–H groups in total. The van der Waals surface area contributed by atoms with Crippen LogP contribution in [0.2, 0.25) is 0 Å². The van der Waals surface area contributed by atoms with Crippen molar-refractivity contribution in [2.45, 2.75) is 114 Å². The number of anilines is 4. The summed E-state index contributed by atoms with van der Waals surface area (Å²) in [5.41, 5.74) is 5.52. The van der Waals surface area contributed by atoms with Crippen molar-refractivity contribution in [2.24, 2.45) is 0 Å². The van der Waals surface area contributed by atoms with Crippen LogP contribution < -0.4 is 20.4 Å². The molecule has 6 aliphatic rings. The van der Waals surface area contributed by atoms with Gasteiger partial charge in [0.25, 0.3) is 0 Å². The lowest BCUT2D eigenvalue weighted by Gasteiger charge is -2.37. The number of aliphatic hydroxyl groups excluding tert-OH is 2. The summed E-state index contributed by atoms with van der Waals surface area (Å²) in [6, 6.07) is 19.9. The Hall–Kier alpha value is -4.87. The zero-order chi connectivity index (χ0) is 50.1. The highest BCUT2D eigenvalue weighted by Crippen LogP contribution is 2.31. The predicted octanol–water partition coefficient (Wildman–Crippen LogP) is 2.95. The maximum Gasteiger partial charge on any atom is 0.230 e. The summed E-state index contributed by atoms with van der Waals surface area (Å²) in [6.07, 6.45) is 7.68. The number of ketones is 1. The second-order valence-corrected chi connectivity index (χ2v) is 24.7. The molecule has 10 rings (SSSR count). The van der Waals surface area contributed by atoms with Crippen LogP contribution in [-0.4, -0.2) is 186 Å². The average molecular weight is 1030 g/mol. The van der Waals surface area contributed by atoms with Gasteiger partial charge < -0.3 is 30.6 Å². The van der Waals surface area contributed by atoms with Gasteiger partial charge in [0.15, 0.2) is 0 Å². The highest BCUT2D eigenvalue weighted by atomic mass is 32.2. The Morgan fingerprint density at radius 3 is 1.28 bits per heavy atom. The SMILES string of the molecule is CS(=O)(=O)N1CCC(Nc2cc(C(=O)c3cc(NC4CCN(S(C)(=O)=O)CC4)nc(N4CC[C@@H](O)[C@H](N5CCc6ccccc6C5)CC4)n3)nc(N3CC[C@@H](O)[C@H](N4CCc5ccccc5C4)CC3)n2)CC1. The van der Waals surface area contributed by atoms with E-state index in [1.807, 2.05) is 0 Å². The highest BCUT2D eigenvalue weighted by Gasteiger charge is 2.36. The number of aliphatic hydroxyl groups is 2. The van der Waals surface area contributed by atoms with Crippen LogP contribution in [0.15, 0.2) is 60.7 Å². The van der Waals surface area contributed by atoms with E-state index >= 15 is 4.79 Å². The van der Waals surface area contributed by atoms with Crippen molar-refractivity contribution in [3.63, 3.8) is 0 Å². The molecule has 72 heavy (non-hydrogen) atoms. The van der Waals surface area contributed by atoms with Crippen molar-refractivity contribution in [1.29, 1.82) is 0 Å². The van der Waals surface area contributed by atoms with Crippen molar-refractivity contribution in [2.75, 3.05) is 98.4 Å². The Morgan fingerprint density at radius 1 is 0.514 bits per heavy atom. The molecular formula is C51H70N12O7S2. The molecule has 19 nitrogen and oxygen atoms in total. The number of carbonyl (C=O) groups excluding carboxylic acids is 1. The minimum atomic E-state index is -3.34. The van der Waals surface area contributed by atoms with Crippen molar-refractivity contribution in [1.82, 2.24) is 38.3 Å². The zero-order valence-electron chi connectivity index (χ0n) is 41.5. The van der Waals surface area contributed by atoms with E-state index in [2.05, 4.69) is 78.8 Å². The number of sulfonamides is 2. The van der Waals surface area contributed by atoms with Crippen LogP contribution in [0.4, 0.5) is 23.5 Å². The first-order valence-corrected chi connectivity index (χ1v) is 29.5. The van der Waals surface area contributed by atoms with E-state index in [0.717, 1.165) is 39.0 Å². The molecule has 21 heteroatoms. The smallest absolute Gasteiger partial charge is 0.230 e. The number of aromatic nitrogens is 4. The third-order valence-corrected chi connectivity index (χ3v) is 18.5. The zero-order valence-corrected chi connectivity index (χ0v) is 43.2. The number of benzene rings is 2. The molecule has 0 spiro atoms. The normalized spacial score (nSPS) is 25.0. The molecule has 0 amide bonds. The van der Waals surface area contributed by atoms with Crippen LogP contribution in [0.3, 0.4) is 0 Å². The minimum absolute atomic E-state index is 0.0679. The van der Waals surface area contributed by atoms with E-state index < -0.39 is 38.0 Å². The summed E-state index contributed by atoms with van der Waals surface area (Å²) in [6.45, 7) is 6.76. The van der Waals surface area contributed by atoms with E-state index in [0.29, 0.717) is 127 Å². The molecule has 0 unspecified atom stereocenters. The predicted molar refractivity (Wildman–Crippen MR) is 277 cm³/mol. The monoisotopic (exact) mass is 1030 g/mol. The molecule has 0 aliphatic carbocycles. The van der Waals surface area contributed by atoms with Gasteiger partial charge in [0.05, 0.1) is 24.7 Å². The topological polar surface area (TPSA) is 221 Å². The van der Waals surface area contributed by atoms with Gasteiger partial charge in [-0.3, -0.25) is 14.6 Å². The lowest BCUT2D eigenvalue weighted by Crippen LogP contribution is -2.46. The van der Waals surface area contributed by atoms with Crippen LogP contribution in [0, 0.1) is 0 Å². The van der Waals surface area contributed by atoms with Crippen LogP contribution >= 0.6 is 0 Å². The molecule has 0 saturated carbocycles. The molecule has 4 atom stereocenters. The summed E-state index contributed by atoms with van der Waals surface area (Å²) >= 11 is 0. The number of piperidine rings is 2. The first-order valence-electron chi connectivity index (χ1n) is 25.8. The molecule has 2 aromatic carbocycles. The van der Waals surface area contributed by atoms with Crippen LogP contribution in [0.1, 0.15) is 89.8 Å². The van der Waals surface area contributed by atoms with Crippen LogP contribution in [-0.2, 0) is 46.0 Å². The minimum Gasteiger partial charge on any atom is -0.391 e. The Bertz CT molecular complexity index is 2620. The summed E-state index contributed by atoms with van der Waals surface area (Å²) in [4.78, 5) is 44.0. The fourth-order valence-electron chi connectivity index (χ4n) is 11.7. The highest BCUT2D eigenvalue weighted by molar-refractivity contribution is 7.88. The number of fused-ring (bicyclic) bond motifs is 2. The van der Waals surface area contributed by atoms with Gasteiger partial charge >= 0.3 is 0 Å². The molecule has 6 aliphatic heterocycles. The second-order valence-electron chi connectivity index (χ2n) is 20.7. The third kappa shape index (κ3) is 11.7. The standard InChI is InChI=1S/C51H70N12O7S2/c1-71(67,68)62-27-13-39(14-28-62)52-47-31-41(54-50(56-47)58-23-17-43(45(64)19-25-58)60-21-11-35-7-3-5-9-37(35)33-60)49(66)42-32-48(53-40-15-29-63(30-16-40)72(2,69)70)57-51(55-42)59-24-18-44(46(65)20-26-59)61-22-12-36-8-4-6-10-38(36)34-61/h3-10,31-32,39-40,43-46,64-65H,11-30,33-34H2,1-2H3,(H,52,54,56)(H,53,55,57)/t43-,44-,45-,46-/m1/s1. The second kappa shape index (κ2) is 21.5. The van der Waals surface area contributed by atoms with E-state index in [9.17, 15) is 27.0 Å². The van der Waals surface area contributed by atoms with Gasteiger partial charge in [-0.25, -0.2) is 35.4 Å². The largest absolute Gasteiger partial charge is 0.391 e. The first kappa shape index (κ1) is 50.7. The lowest BCUT2D eigenvalue weighted by atomic mass is 9.96. The molecule has 8 heterocycles. The van der Waals surface area contributed by atoms with Crippen LogP contribution in [0.5, 0.6) is 0 Å². The fraction of sp³-hybridized carbons (Fsp3) is 0.588. The number of hydrogen-bond acceptors (Lipinski definition) is 17. The number of rotatable bonds is 12. The Labute approximate surface area is 424 Å². The fourth-order valence-corrected chi connectivity index (χ4v) is 13.5. The molecule has 4 aromatic rings. The molecule has 2 aromatic heterocycles. The maximum absolute atomic E-state index is 15.2. The molecule has 388 valence electrons. The van der Waals surface area contributed by atoms with Gasteiger partial charge in [0.2, 0.25) is 37.7 Å². The Balaban J connectivity index is 0.939. The van der Waals surface area contributed by atoms with Crippen molar-refractivity contribution in [3.05, 3.63) is 94.3 Å². The van der Waals surface area contributed by atoms with Crippen molar-refractivity contribution in [3.8, 4) is 0 Å². The van der Waals surface area contributed by atoms with E-state index in [1.165, 1.54) is 43.4 Å². The summed E-state index contributed by atoms with van der Waals surface area (Å²) in [7, 11) is -6.68. The van der Waals surface area contributed by atoms with Gasteiger partial charge in [-0.05, 0) is 86.5 Å². The van der Waals surface area contributed by atoms with E-state index in [4.69, 9.17) is 19.9 Å². The summed E-state index contributed by atoms with van der Waals surface area (Å²) in [5.74, 6) is 1.15. The number of nitrogens with zero attached hydrogens (tertiary/aromatic N) is 10. The molecule has 4 fully saturated rings. The quantitative estimate of drug-likeness (QED) is 0.150. The van der Waals surface area contributed by atoms with Crippen molar-refractivity contribution < 1.29 is 31.8 Å². The third-order valence-electron chi connectivity index (χ3n) is 15.9. The molecular weight excluding hydrogens is 957 g/mol. The first-order chi connectivity index (χ1) is 34.6. The summed E-state index contributed by atoms with van der Waals surface area (Å²) in [5, 5.41) is 30.3. The lowest BCUT2D eigenvalue weighted by molar-refractivity contribution is 0.0393. The molecule has 0 bridgehead atoms. The van der Waals surface area contributed by atoms with Gasteiger partial charge in [0.1, 0.15) is 23.0 Å². The molecule has 4 saturated heterocycles. The van der Waals surface area contributed by atoms with E-state index in [-0.39, 0.29) is 35.6 Å². The Kier molecular flexibility index (Phi) is 15.2. The Morgan fingerprint density at radius 2 is 0.889 bits per heavy atom. The van der Waals surface area contributed by atoms with Gasteiger partial charge in [-0.15, -0.1) is 0 Å². The van der Waals surface area contributed by atoms with E-state index in [1.54, 1.807) is 12.1 Å². The van der Waals surface area contributed by atoms with Gasteiger partial charge in [-0.1, -0.05) is 48.5 Å². The number of hydrogen-bond donors (Lipinski definition) is 4. The average Bonchev–Trinajstić information content (AvgIpc) is 3.70. The molecule has 0 radical (unpaired) electrons. The van der Waals surface area contributed by atoms with Crippen molar-refractivity contribution >= 4 is 49.4 Å². The van der Waals surface area contributed by atoms with Crippen LogP contribution in [0.25, 0.3) is 0 Å². The maximum atomic E-state index is 15.2. The summed E-state index contributed by atoms with van der Waals surface area (Å²) < 4.78 is 52.5. The number of nitrogens with one attached hydrogen (secondary N) is 2. The van der Waals surface area contributed by atoms with Gasteiger partial charge in [0, 0.05) is 115 Å². The number of carbonyl (C=O) groups is 1.